The Morgan fingerprint density at radius 2 is 1.95 bits per heavy atom. The van der Waals surface area contributed by atoms with Crippen LogP contribution in [0.4, 0.5) is 0 Å². The predicted octanol–water partition coefficient (Wildman–Crippen LogP) is 0.343. The molecule has 0 unspecified atom stereocenters. The van der Waals surface area contributed by atoms with Gasteiger partial charge in [-0.25, -0.2) is 12.7 Å². The summed E-state index contributed by atoms with van der Waals surface area (Å²) < 4.78 is 30.3. The number of nitrogens with zero attached hydrogens (tertiary/aromatic N) is 1. The monoisotopic (exact) mass is 292 g/mol. The quantitative estimate of drug-likeness (QED) is 0.734. The van der Waals surface area contributed by atoms with Crippen LogP contribution in [0.2, 0.25) is 0 Å². The van der Waals surface area contributed by atoms with Gasteiger partial charge in [-0.1, -0.05) is 6.92 Å². The summed E-state index contributed by atoms with van der Waals surface area (Å²) in [5, 5.41) is 2.87. The maximum atomic E-state index is 11.9. The minimum Gasteiger partial charge on any atom is -0.372 e. The number of nitrogens with one attached hydrogen (secondary N) is 1. The van der Waals surface area contributed by atoms with E-state index in [0.717, 1.165) is 0 Å². The molecule has 1 fully saturated rings. The Kier molecular flexibility index (Phi) is 6.74. The summed E-state index contributed by atoms with van der Waals surface area (Å²) >= 11 is 0. The Morgan fingerprint density at radius 1 is 1.32 bits per heavy atom. The number of hydrogen-bond acceptors (Lipinski definition) is 4. The molecule has 0 atom stereocenters. The van der Waals surface area contributed by atoms with Gasteiger partial charge in [0.1, 0.15) is 6.61 Å². The number of carbonyl (C=O) groups is 1. The molecule has 0 aliphatic carbocycles. The molecule has 1 aliphatic heterocycles. The fourth-order valence-electron chi connectivity index (χ4n) is 2.13. The lowest BCUT2D eigenvalue weighted by Crippen LogP contribution is -2.47. The van der Waals surface area contributed by atoms with Gasteiger partial charge < -0.3 is 10.1 Å². The molecule has 1 aliphatic rings. The molecular weight excluding hydrogens is 268 g/mol. The second-order valence-corrected chi connectivity index (χ2v) is 6.78. The fraction of sp³-hybridized carbons (Fsp3) is 0.917. The maximum absolute atomic E-state index is 11.9. The zero-order valence-electron chi connectivity index (χ0n) is 11.7. The first-order valence-corrected chi connectivity index (χ1v) is 8.45. The second kappa shape index (κ2) is 7.81. The van der Waals surface area contributed by atoms with Gasteiger partial charge >= 0.3 is 0 Å². The Hall–Kier alpha value is -0.660. The van der Waals surface area contributed by atoms with Gasteiger partial charge in [0.15, 0.2) is 0 Å². The number of carbonyl (C=O) groups excluding carboxylic acids is 1. The molecule has 1 rings (SSSR count). The third kappa shape index (κ3) is 5.46. The zero-order valence-corrected chi connectivity index (χ0v) is 12.5. The standard InChI is InChI=1S/C12H24N2O4S/c1-3-9-19(16,17)14-7-5-11(6-8-14)13-12(15)10-18-4-2/h11H,3-10H2,1-2H3,(H,13,15). The molecule has 0 aromatic heterocycles. The third-order valence-electron chi connectivity index (χ3n) is 3.11. The number of piperidine rings is 1. The van der Waals surface area contributed by atoms with E-state index in [4.69, 9.17) is 4.74 Å². The lowest BCUT2D eigenvalue weighted by molar-refractivity contribution is -0.126. The predicted molar refractivity (Wildman–Crippen MR) is 73.3 cm³/mol. The van der Waals surface area contributed by atoms with Gasteiger partial charge in [-0.2, -0.15) is 0 Å². The molecule has 0 radical (unpaired) electrons. The van der Waals surface area contributed by atoms with E-state index in [0.29, 0.717) is 39.0 Å². The van der Waals surface area contributed by atoms with Crippen LogP contribution in [0.15, 0.2) is 0 Å². The number of sulfonamides is 1. The average molecular weight is 292 g/mol. The summed E-state index contributed by atoms with van der Waals surface area (Å²) in [6.07, 6.45) is 1.97. The molecule has 1 heterocycles. The zero-order chi connectivity index (χ0) is 14.3. The van der Waals surface area contributed by atoms with E-state index in [1.54, 1.807) is 0 Å². The number of rotatable bonds is 7. The minimum absolute atomic E-state index is 0.0565. The van der Waals surface area contributed by atoms with Crippen molar-refractivity contribution < 1.29 is 17.9 Å². The van der Waals surface area contributed by atoms with E-state index in [-0.39, 0.29) is 24.3 Å². The van der Waals surface area contributed by atoms with Crippen LogP contribution in [-0.2, 0) is 19.6 Å². The molecule has 112 valence electrons. The van der Waals surface area contributed by atoms with Crippen molar-refractivity contribution in [3.8, 4) is 0 Å². The summed E-state index contributed by atoms with van der Waals surface area (Å²) in [5.41, 5.74) is 0. The molecule has 6 nitrogen and oxygen atoms in total. The highest BCUT2D eigenvalue weighted by molar-refractivity contribution is 7.89. The lowest BCUT2D eigenvalue weighted by atomic mass is 10.1. The molecule has 1 N–H and O–H groups in total. The van der Waals surface area contributed by atoms with Crippen LogP contribution in [0.25, 0.3) is 0 Å². The van der Waals surface area contributed by atoms with E-state index >= 15 is 0 Å². The van der Waals surface area contributed by atoms with Gasteiger partial charge in [0.2, 0.25) is 15.9 Å². The van der Waals surface area contributed by atoms with Crippen molar-refractivity contribution >= 4 is 15.9 Å². The molecule has 0 spiro atoms. The van der Waals surface area contributed by atoms with E-state index in [1.165, 1.54) is 4.31 Å². The van der Waals surface area contributed by atoms with Crippen molar-refractivity contribution in [1.82, 2.24) is 9.62 Å². The van der Waals surface area contributed by atoms with Gasteiger partial charge in [0, 0.05) is 25.7 Å². The van der Waals surface area contributed by atoms with Crippen LogP contribution in [0.1, 0.15) is 33.1 Å². The Morgan fingerprint density at radius 3 is 2.47 bits per heavy atom. The van der Waals surface area contributed by atoms with E-state index < -0.39 is 10.0 Å². The Balaban J connectivity index is 2.35. The number of amides is 1. The second-order valence-electron chi connectivity index (χ2n) is 4.69. The molecule has 0 aromatic rings. The summed E-state index contributed by atoms with van der Waals surface area (Å²) in [7, 11) is -3.10. The summed E-state index contributed by atoms with van der Waals surface area (Å²) in [6.45, 7) is 5.26. The van der Waals surface area contributed by atoms with Crippen LogP contribution < -0.4 is 5.32 Å². The molecule has 0 bridgehead atoms. The van der Waals surface area contributed by atoms with Crippen molar-refractivity contribution in [2.45, 2.75) is 39.2 Å². The number of hydrogen-bond donors (Lipinski definition) is 1. The smallest absolute Gasteiger partial charge is 0.246 e. The first-order chi connectivity index (χ1) is 8.99. The fourth-order valence-corrected chi connectivity index (χ4v) is 3.67. The summed E-state index contributed by atoms with van der Waals surface area (Å²) in [5.74, 6) is 0.0747. The molecule has 1 amide bonds. The molecule has 1 saturated heterocycles. The van der Waals surface area contributed by atoms with Crippen LogP contribution in [-0.4, -0.2) is 56.7 Å². The molecule has 7 heteroatoms. The topological polar surface area (TPSA) is 75.7 Å². The minimum atomic E-state index is -3.10. The normalized spacial score (nSPS) is 18.4. The highest BCUT2D eigenvalue weighted by atomic mass is 32.2. The van der Waals surface area contributed by atoms with Crippen LogP contribution in [0.3, 0.4) is 0 Å². The SMILES string of the molecule is CCCS(=O)(=O)N1CCC(NC(=O)COCC)CC1. The Bertz CT molecular complexity index is 375. The largest absolute Gasteiger partial charge is 0.372 e. The summed E-state index contributed by atoms with van der Waals surface area (Å²) in [6, 6.07) is 0.0565. The van der Waals surface area contributed by atoms with E-state index in [9.17, 15) is 13.2 Å². The Labute approximate surface area is 115 Å². The molecule has 19 heavy (non-hydrogen) atoms. The van der Waals surface area contributed by atoms with Crippen molar-refractivity contribution in [1.29, 1.82) is 0 Å². The maximum Gasteiger partial charge on any atom is 0.246 e. The first kappa shape index (κ1) is 16.4. The summed E-state index contributed by atoms with van der Waals surface area (Å²) in [4.78, 5) is 11.5. The van der Waals surface area contributed by atoms with Gasteiger partial charge in [0.25, 0.3) is 0 Å². The van der Waals surface area contributed by atoms with Gasteiger partial charge in [-0.15, -0.1) is 0 Å². The van der Waals surface area contributed by atoms with Gasteiger partial charge in [-0.05, 0) is 26.2 Å². The molecule has 0 aromatic carbocycles. The molecule has 0 saturated carbocycles. The van der Waals surface area contributed by atoms with Crippen molar-refractivity contribution in [2.24, 2.45) is 0 Å². The van der Waals surface area contributed by atoms with Crippen LogP contribution >= 0.6 is 0 Å². The highest BCUT2D eigenvalue weighted by Gasteiger charge is 2.27. The lowest BCUT2D eigenvalue weighted by Gasteiger charge is -2.31. The van der Waals surface area contributed by atoms with E-state index in [1.807, 2.05) is 13.8 Å². The first-order valence-electron chi connectivity index (χ1n) is 6.84. The van der Waals surface area contributed by atoms with Crippen molar-refractivity contribution in [3.63, 3.8) is 0 Å². The number of ether oxygens (including phenoxy) is 1. The van der Waals surface area contributed by atoms with Crippen LogP contribution in [0, 0.1) is 0 Å². The highest BCUT2D eigenvalue weighted by Crippen LogP contribution is 2.15. The third-order valence-corrected chi connectivity index (χ3v) is 5.19. The van der Waals surface area contributed by atoms with Crippen LogP contribution in [0.5, 0.6) is 0 Å². The average Bonchev–Trinajstić information content (AvgIpc) is 2.37. The van der Waals surface area contributed by atoms with E-state index in [2.05, 4.69) is 5.32 Å². The van der Waals surface area contributed by atoms with Crippen molar-refractivity contribution in [2.75, 3.05) is 32.1 Å². The molecular formula is C12H24N2O4S. The van der Waals surface area contributed by atoms with Gasteiger partial charge in [-0.3, -0.25) is 4.79 Å². The van der Waals surface area contributed by atoms with Gasteiger partial charge in [0.05, 0.1) is 5.75 Å². The van der Waals surface area contributed by atoms with Crippen molar-refractivity contribution in [3.05, 3.63) is 0 Å².